The van der Waals surface area contributed by atoms with Crippen molar-refractivity contribution in [3.8, 4) is 0 Å². The molecular formula is C18H14BrFOS. The highest BCUT2D eigenvalue weighted by atomic mass is 79.9. The minimum atomic E-state index is -1.39. The van der Waals surface area contributed by atoms with Crippen LogP contribution in [-0.2, 0) is 12.0 Å². The van der Waals surface area contributed by atoms with Gasteiger partial charge in [0.1, 0.15) is 11.4 Å². The molecule has 4 heteroatoms. The van der Waals surface area contributed by atoms with Crippen molar-refractivity contribution in [3.63, 3.8) is 0 Å². The van der Waals surface area contributed by atoms with Gasteiger partial charge in [-0.2, -0.15) is 0 Å². The van der Waals surface area contributed by atoms with E-state index < -0.39 is 11.4 Å². The zero-order chi connectivity index (χ0) is 15.6. The first-order valence-electron chi connectivity index (χ1n) is 6.85. The molecule has 1 atom stereocenters. The Balaban J connectivity index is 2.13. The van der Waals surface area contributed by atoms with Crippen molar-refractivity contribution in [2.24, 2.45) is 0 Å². The maximum Gasteiger partial charge on any atom is 0.131 e. The van der Waals surface area contributed by atoms with Gasteiger partial charge in [-0.3, -0.25) is 0 Å². The van der Waals surface area contributed by atoms with Crippen LogP contribution in [0.5, 0.6) is 0 Å². The Bertz CT molecular complexity index is 758. The summed E-state index contributed by atoms with van der Waals surface area (Å²) >= 11 is 4.79. The lowest BCUT2D eigenvalue weighted by Crippen LogP contribution is -2.30. The molecule has 1 aromatic heterocycles. The predicted molar refractivity (Wildman–Crippen MR) is 91.6 cm³/mol. The summed E-state index contributed by atoms with van der Waals surface area (Å²) in [5, 5.41) is 13.2. The molecule has 0 aliphatic carbocycles. The molecule has 0 amide bonds. The zero-order valence-corrected chi connectivity index (χ0v) is 14.1. The van der Waals surface area contributed by atoms with Crippen LogP contribution in [0.15, 0.2) is 70.5 Å². The van der Waals surface area contributed by atoms with Crippen LogP contribution in [-0.4, -0.2) is 5.11 Å². The second-order valence-electron chi connectivity index (χ2n) is 5.12. The first kappa shape index (κ1) is 15.4. The van der Waals surface area contributed by atoms with Crippen molar-refractivity contribution in [1.29, 1.82) is 0 Å². The number of hydrogen-bond donors (Lipinski definition) is 1. The van der Waals surface area contributed by atoms with Gasteiger partial charge in [-0.05, 0) is 35.2 Å². The topological polar surface area (TPSA) is 20.2 Å². The zero-order valence-electron chi connectivity index (χ0n) is 11.7. The summed E-state index contributed by atoms with van der Waals surface area (Å²) in [5.74, 6) is -0.407. The number of benzene rings is 2. The smallest absolute Gasteiger partial charge is 0.131 e. The average molecular weight is 377 g/mol. The van der Waals surface area contributed by atoms with Gasteiger partial charge in [0.15, 0.2) is 0 Å². The van der Waals surface area contributed by atoms with E-state index in [0.717, 1.165) is 14.9 Å². The monoisotopic (exact) mass is 376 g/mol. The third kappa shape index (κ3) is 3.00. The number of halogens is 2. The minimum absolute atomic E-state index is 0.285. The Morgan fingerprint density at radius 2 is 1.82 bits per heavy atom. The SMILES string of the molecule is OC(Cc1ccccc1)(c1cccs1)c1cc(Br)ccc1F. The molecule has 1 N–H and O–H groups in total. The van der Waals surface area contributed by atoms with Crippen molar-refractivity contribution < 1.29 is 9.50 Å². The lowest BCUT2D eigenvalue weighted by atomic mass is 9.85. The summed E-state index contributed by atoms with van der Waals surface area (Å²) in [4.78, 5) is 0.730. The van der Waals surface area contributed by atoms with E-state index in [4.69, 9.17) is 0 Å². The van der Waals surface area contributed by atoms with Crippen LogP contribution in [0.25, 0.3) is 0 Å². The minimum Gasteiger partial charge on any atom is -0.379 e. The molecule has 0 saturated heterocycles. The summed E-state index contributed by atoms with van der Waals surface area (Å²) in [6.45, 7) is 0. The molecule has 1 nitrogen and oxygen atoms in total. The van der Waals surface area contributed by atoms with Crippen LogP contribution in [0.2, 0.25) is 0 Å². The Kier molecular flexibility index (Phi) is 4.43. The second-order valence-corrected chi connectivity index (χ2v) is 6.99. The highest BCUT2D eigenvalue weighted by molar-refractivity contribution is 9.10. The van der Waals surface area contributed by atoms with Crippen LogP contribution >= 0.6 is 27.3 Å². The quantitative estimate of drug-likeness (QED) is 0.669. The molecule has 0 fully saturated rings. The fourth-order valence-electron chi connectivity index (χ4n) is 2.53. The fourth-order valence-corrected chi connectivity index (χ4v) is 3.73. The standard InChI is InChI=1S/C18H14BrFOS/c19-14-8-9-16(20)15(11-14)18(21,17-7-4-10-22-17)12-13-5-2-1-3-6-13/h1-11,21H,12H2. The van der Waals surface area contributed by atoms with Gasteiger partial charge in [-0.15, -0.1) is 11.3 Å². The highest BCUT2D eigenvalue weighted by Gasteiger charge is 2.35. The normalized spacial score (nSPS) is 13.8. The predicted octanol–water partition coefficient (Wildman–Crippen LogP) is 5.13. The van der Waals surface area contributed by atoms with Crippen molar-refractivity contribution >= 4 is 27.3 Å². The van der Waals surface area contributed by atoms with E-state index in [9.17, 15) is 9.50 Å². The van der Waals surface area contributed by atoms with Gasteiger partial charge in [0.25, 0.3) is 0 Å². The largest absolute Gasteiger partial charge is 0.379 e. The molecule has 0 bridgehead atoms. The molecule has 3 rings (SSSR count). The summed E-state index contributed by atoms with van der Waals surface area (Å²) in [7, 11) is 0. The Labute approximate surface area is 141 Å². The summed E-state index contributed by atoms with van der Waals surface area (Å²) in [6, 6.07) is 18.0. The van der Waals surface area contributed by atoms with Gasteiger partial charge in [0, 0.05) is 21.3 Å². The number of thiophene rings is 1. The maximum absolute atomic E-state index is 14.4. The van der Waals surface area contributed by atoms with Crippen LogP contribution < -0.4 is 0 Å². The van der Waals surface area contributed by atoms with Crippen LogP contribution in [0.1, 0.15) is 16.0 Å². The molecule has 0 radical (unpaired) electrons. The van der Waals surface area contributed by atoms with E-state index in [1.165, 1.54) is 17.4 Å². The summed E-state index contributed by atoms with van der Waals surface area (Å²) in [6.07, 6.45) is 0.321. The van der Waals surface area contributed by atoms with Crippen molar-refractivity contribution in [2.45, 2.75) is 12.0 Å². The van der Waals surface area contributed by atoms with Crippen LogP contribution in [0, 0.1) is 5.82 Å². The fraction of sp³-hybridized carbons (Fsp3) is 0.111. The summed E-state index contributed by atoms with van der Waals surface area (Å²) < 4.78 is 15.1. The van der Waals surface area contributed by atoms with E-state index in [1.54, 1.807) is 12.1 Å². The van der Waals surface area contributed by atoms with E-state index >= 15 is 0 Å². The van der Waals surface area contributed by atoms with E-state index in [0.29, 0.717) is 6.42 Å². The lowest BCUT2D eigenvalue weighted by molar-refractivity contribution is 0.0809. The van der Waals surface area contributed by atoms with Gasteiger partial charge in [-0.1, -0.05) is 52.3 Å². The van der Waals surface area contributed by atoms with E-state index in [1.807, 2.05) is 47.8 Å². The Morgan fingerprint density at radius 1 is 1.05 bits per heavy atom. The first-order chi connectivity index (χ1) is 10.6. The molecular weight excluding hydrogens is 363 g/mol. The van der Waals surface area contributed by atoms with E-state index in [-0.39, 0.29) is 5.56 Å². The van der Waals surface area contributed by atoms with Crippen LogP contribution in [0.3, 0.4) is 0 Å². The molecule has 112 valence electrons. The number of rotatable bonds is 4. The lowest BCUT2D eigenvalue weighted by Gasteiger charge is -2.28. The molecule has 0 saturated carbocycles. The molecule has 0 aliphatic rings. The number of aliphatic hydroxyl groups is 1. The molecule has 0 aliphatic heterocycles. The molecule has 3 aromatic rings. The van der Waals surface area contributed by atoms with Crippen molar-refractivity contribution in [3.05, 3.63) is 92.3 Å². The van der Waals surface area contributed by atoms with Gasteiger partial charge in [-0.25, -0.2) is 4.39 Å². The molecule has 0 spiro atoms. The van der Waals surface area contributed by atoms with Crippen molar-refractivity contribution in [1.82, 2.24) is 0 Å². The maximum atomic E-state index is 14.4. The molecule has 1 heterocycles. The van der Waals surface area contributed by atoms with E-state index in [2.05, 4.69) is 15.9 Å². The van der Waals surface area contributed by atoms with Gasteiger partial charge in [0.05, 0.1) is 0 Å². The second kappa shape index (κ2) is 6.32. The van der Waals surface area contributed by atoms with Gasteiger partial charge < -0.3 is 5.11 Å². The highest BCUT2D eigenvalue weighted by Crippen LogP contribution is 2.38. The molecule has 2 aromatic carbocycles. The third-order valence-electron chi connectivity index (χ3n) is 3.61. The molecule has 22 heavy (non-hydrogen) atoms. The Hall–Kier alpha value is -1.49. The van der Waals surface area contributed by atoms with Gasteiger partial charge >= 0.3 is 0 Å². The number of hydrogen-bond acceptors (Lipinski definition) is 2. The Morgan fingerprint density at radius 3 is 2.50 bits per heavy atom. The summed E-state index contributed by atoms with van der Waals surface area (Å²) in [5.41, 5.74) is -0.144. The first-order valence-corrected chi connectivity index (χ1v) is 8.53. The van der Waals surface area contributed by atoms with Crippen molar-refractivity contribution in [2.75, 3.05) is 0 Å². The van der Waals surface area contributed by atoms with Crippen LogP contribution in [0.4, 0.5) is 4.39 Å². The molecule has 1 unspecified atom stereocenters. The van der Waals surface area contributed by atoms with Gasteiger partial charge in [0.2, 0.25) is 0 Å². The average Bonchev–Trinajstić information content (AvgIpc) is 3.05. The third-order valence-corrected chi connectivity index (χ3v) is 5.12.